The van der Waals surface area contributed by atoms with E-state index in [0.29, 0.717) is 6.54 Å². The van der Waals surface area contributed by atoms with Crippen LogP contribution in [0, 0.1) is 0 Å². The number of aliphatic hydroxyl groups is 1. The van der Waals surface area contributed by atoms with Gasteiger partial charge in [-0.1, -0.05) is 30.3 Å². The third-order valence-corrected chi connectivity index (χ3v) is 2.90. The molecule has 1 aliphatic rings. The zero-order valence-electron chi connectivity index (χ0n) is 9.10. The fraction of sp³-hybridized carbons (Fsp3) is 0.308. The molecule has 1 aromatic rings. The maximum atomic E-state index is 10.6. The molecule has 0 saturated heterocycles. The molecule has 3 heteroatoms. The van der Waals surface area contributed by atoms with E-state index in [9.17, 15) is 4.79 Å². The van der Waals surface area contributed by atoms with Gasteiger partial charge in [0, 0.05) is 13.1 Å². The van der Waals surface area contributed by atoms with E-state index >= 15 is 0 Å². The molecule has 0 unspecified atom stereocenters. The van der Waals surface area contributed by atoms with Crippen molar-refractivity contribution in [2.75, 3.05) is 13.1 Å². The smallest absolute Gasteiger partial charge is 0.209 e. The Labute approximate surface area is 95.0 Å². The van der Waals surface area contributed by atoms with E-state index in [0.717, 1.165) is 24.9 Å². The maximum Gasteiger partial charge on any atom is 0.209 e. The van der Waals surface area contributed by atoms with Crippen LogP contribution in [0.5, 0.6) is 0 Å². The second-order valence-electron chi connectivity index (χ2n) is 3.93. The van der Waals surface area contributed by atoms with E-state index in [4.69, 9.17) is 5.11 Å². The SMILES string of the molecule is O=CN1CC=C(c2ccc(CO)cc2)CC1. The van der Waals surface area contributed by atoms with Crippen molar-refractivity contribution in [1.82, 2.24) is 4.90 Å². The van der Waals surface area contributed by atoms with Crippen molar-refractivity contribution in [2.45, 2.75) is 13.0 Å². The van der Waals surface area contributed by atoms with Crippen LogP contribution in [-0.2, 0) is 11.4 Å². The normalized spacial score (nSPS) is 15.8. The van der Waals surface area contributed by atoms with Crippen molar-refractivity contribution in [1.29, 1.82) is 0 Å². The van der Waals surface area contributed by atoms with Crippen LogP contribution in [0.1, 0.15) is 17.5 Å². The quantitative estimate of drug-likeness (QED) is 0.778. The van der Waals surface area contributed by atoms with Gasteiger partial charge >= 0.3 is 0 Å². The minimum Gasteiger partial charge on any atom is -0.392 e. The highest BCUT2D eigenvalue weighted by atomic mass is 16.3. The highest BCUT2D eigenvalue weighted by Crippen LogP contribution is 2.22. The van der Waals surface area contributed by atoms with Crippen LogP contribution in [0.4, 0.5) is 0 Å². The van der Waals surface area contributed by atoms with Gasteiger partial charge in [-0.05, 0) is 23.1 Å². The summed E-state index contributed by atoms with van der Waals surface area (Å²) >= 11 is 0. The van der Waals surface area contributed by atoms with Crippen molar-refractivity contribution in [3.63, 3.8) is 0 Å². The van der Waals surface area contributed by atoms with Crippen LogP contribution in [-0.4, -0.2) is 29.5 Å². The van der Waals surface area contributed by atoms with Crippen molar-refractivity contribution >= 4 is 12.0 Å². The lowest BCUT2D eigenvalue weighted by atomic mass is 9.99. The maximum absolute atomic E-state index is 10.6. The average molecular weight is 217 g/mol. The van der Waals surface area contributed by atoms with Gasteiger partial charge in [-0.2, -0.15) is 0 Å². The standard InChI is InChI=1S/C13H15NO2/c15-9-11-1-3-12(4-2-11)13-5-7-14(10-16)8-6-13/h1-5,10,15H,6-9H2. The molecular weight excluding hydrogens is 202 g/mol. The number of benzene rings is 1. The molecule has 0 saturated carbocycles. The van der Waals surface area contributed by atoms with Crippen LogP contribution < -0.4 is 0 Å². The molecule has 0 bridgehead atoms. The zero-order chi connectivity index (χ0) is 11.4. The number of hydrogen-bond acceptors (Lipinski definition) is 2. The Bertz CT molecular complexity index is 395. The first-order chi connectivity index (χ1) is 7.83. The molecule has 1 aliphatic heterocycles. The first kappa shape index (κ1) is 10.9. The molecule has 16 heavy (non-hydrogen) atoms. The Morgan fingerprint density at radius 2 is 2.06 bits per heavy atom. The summed E-state index contributed by atoms with van der Waals surface area (Å²) in [4.78, 5) is 12.3. The highest BCUT2D eigenvalue weighted by Gasteiger charge is 2.10. The number of rotatable bonds is 3. The van der Waals surface area contributed by atoms with Gasteiger partial charge in [-0.3, -0.25) is 4.79 Å². The van der Waals surface area contributed by atoms with Crippen molar-refractivity contribution in [3.8, 4) is 0 Å². The number of carbonyl (C=O) groups is 1. The lowest BCUT2D eigenvalue weighted by Gasteiger charge is -2.22. The molecule has 2 rings (SSSR count). The van der Waals surface area contributed by atoms with Gasteiger partial charge in [0.05, 0.1) is 6.61 Å². The summed E-state index contributed by atoms with van der Waals surface area (Å²) in [6, 6.07) is 7.91. The number of hydrogen-bond donors (Lipinski definition) is 1. The largest absolute Gasteiger partial charge is 0.392 e. The number of amides is 1. The highest BCUT2D eigenvalue weighted by molar-refractivity contribution is 5.68. The molecule has 1 N–H and O–H groups in total. The Morgan fingerprint density at radius 3 is 2.56 bits per heavy atom. The van der Waals surface area contributed by atoms with E-state index in [1.165, 1.54) is 11.1 Å². The molecule has 1 aromatic carbocycles. The summed E-state index contributed by atoms with van der Waals surface area (Å²) in [5, 5.41) is 8.95. The first-order valence-electron chi connectivity index (χ1n) is 5.42. The number of carbonyl (C=O) groups excluding carboxylic acids is 1. The van der Waals surface area contributed by atoms with E-state index in [-0.39, 0.29) is 6.61 Å². The number of nitrogens with zero attached hydrogens (tertiary/aromatic N) is 1. The molecule has 0 aromatic heterocycles. The Kier molecular flexibility index (Phi) is 3.37. The topological polar surface area (TPSA) is 40.5 Å². The van der Waals surface area contributed by atoms with Gasteiger partial charge in [-0.25, -0.2) is 0 Å². The summed E-state index contributed by atoms with van der Waals surface area (Å²) < 4.78 is 0. The molecule has 0 spiro atoms. The minimum absolute atomic E-state index is 0.0816. The molecule has 0 aliphatic carbocycles. The molecule has 0 fully saturated rings. The molecule has 0 atom stereocenters. The number of aliphatic hydroxyl groups excluding tert-OH is 1. The fourth-order valence-electron chi connectivity index (χ4n) is 1.87. The molecule has 3 nitrogen and oxygen atoms in total. The Morgan fingerprint density at radius 1 is 1.31 bits per heavy atom. The zero-order valence-corrected chi connectivity index (χ0v) is 9.10. The molecule has 1 amide bonds. The molecular formula is C13H15NO2. The predicted octanol–water partition coefficient (Wildman–Crippen LogP) is 1.42. The van der Waals surface area contributed by atoms with Crippen LogP contribution in [0.25, 0.3) is 5.57 Å². The van der Waals surface area contributed by atoms with Crippen molar-refractivity contribution in [2.24, 2.45) is 0 Å². The van der Waals surface area contributed by atoms with Gasteiger partial charge in [0.15, 0.2) is 0 Å². The van der Waals surface area contributed by atoms with E-state index in [1.807, 2.05) is 24.3 Å². The van der Waals surface area contributed by atoms with Crippen LogP contribution in [0.3, 0.4) is 0 Å². The van der Waals surface area contributed by atoms with Gasteiger partial charge in [0.2, 0.25) is 6.41 Å². The van der Waals surface area contributed by atoms with E-state index in [1.54, 1.807) is 4.90 Å². The van der Waals surface area contributed by atoms with Crippen LogP contribution >= 0.6 is 0 Å². The van der Waals surface area contributed by atoms with Crippen LogP contribution in [0.2, 0.25) is 0 Å². The Balaban J connectivity index is 2.12. The van der Waals surface area contributed by atoms with Crippen molar-refractivity contribution < 1.29 is 9.90 Å². The van der Waals surface area contributed by atoms with Gasteiger partial charge in [0.25, 0.3) is 0 Å². The Hall–Kier alpha value is -1.61. The minimum atomic E-state index is 0.0816. The monoisotopic (exact) mass is 217 g/mol. The summed E-state index contributed by atoms with van der Waals surface area (Å²) in [7, 11) is 0. The lowest BCUT2D eigenvalue weighted by molar-refractivity contribution is -0.117. The summed E-state index contributed by atoms with van der Waals surface area (Å²) in [6.07, 6.45) is 3.88. The molecule has 84 valence electrons. The average Bonchev–Trinajstić information content (AvgIpc) is 2.39. The summed E-state index contributed by atoms with van der Waals surface area (Å²) in [5.74, 6) is 0. The third-order valence-electron chi connectivity index (χ3n) is 2.90. The van der Waals surface area contributed by atoms with Gasteiger partial charge in [0.1, 0.15) is 0 Å². The second kappa shape index (κ2) is 4.94. The third kappa shape index (κ3) is 2.31. The van der Waals surface area contributed by atoms with Gasteiger partial charge in [-0.15, -0.1) is 0 Å². The molecule has 0 radical (unpaired) electrons. The predicted molar refractivity (Wildman–Crippen MR) is 62.6 cm³/mol. The lowest BCUT2D eigenvalue weighted by Crippen LogP contribution is -2.26. The van der Waals surface area contributed by atoms with E-state index < -0.39 is 0 Å². The van der Waals surface area contributed by atoms with Crippen molar-refractivity contribution in [3.05, 3.63) is 41.5 Å². The first-order valence-corrected chi connectivity index (χ1v) is 5.42. The molecule has 1 heterocycles. The fourth-order valence-corrected chi connectivity index (χ4v) is 1.87. The van der Waals surface area contributed by atoms with Crippen LogP contribution in [0.15, 0.2) is 30.3 Å². The van der Waals surface area contributed by atoms with E-state index in [2.05, 4.69) is 6.08 Å². The summed E-state index contributed by atoms with van der Waals surface area (Å²) in [5.41, 5.74) is 3.39. The van der Waals surface area contributed by atoms with Gasteiger partial charge < -0.3 is 10.0 Å². The second-order valence-corrected chi connectivity index (χ2v) is 3.93. The summed E-state index contributed by atoms with van der Waals surface area (Å²) in [6.45, 7) is 1.57.